The van der Waals surface area contributed by atoms with E-state index < -0.39 is 23.9 Å². The zero-order valence-electron chi connectivity index (χ0n) is 76.1. The molecular formula is C91H80K10N8O9S8. The van der Waals surface area contributed by atoms with E-state index in [0.717, 1.165) is 124 Å². The smallest absolute Gasteiger partial charge is 0.471 e. The minimum Gasteiger partial charge on any atom is -0.471 e. The summed E-state index contributed by atoms with van der Waals surface area (Å²) >= 11 is 11.5. The summed E-state index contributed by atoms with van der Waals surface area (Å²) in [6.45, 7) is 54.6. The number of para-hydroxylation sites is 1. The maximum atomic E-state index is 12.3. The summed E-state index contributed by atoms with van der Waals surface area (Å²) < 4.78 is 29.8. The minimum atomic E-state index is -0.742. The second kappa shape index (κ2) is 69.4. The first-order valence-electron chi connectivity index (χ1n) is 36.5. The van der Waals surface area contributed by atoms with Gasteiger partial charge < -0.3 is 64.7 Å². The van der Waals surface area contributed by atoms with Crippen LogP contribution in [0.2, 0.25) is 0 Å². The van der Waals surface area contributed by atoms with Gasteiger partial charge in [0.2, 0.25) is 5.13 Å². The quantitative estimate of drug-likeness (QED) is 0.00758. The van der Waals surface area contributed by atoms with Gasteiger partial charge in [-0.2, -0.15) is 75.3 Å². The zero-order chi connectivity index (χ0) is 83.7. The second-order valence-corrected chi connectivity index (χ2v) is 37.4. The van der Waals surface area contributed by atoms with E-state index >= 15 is 0 Å². The number of nitriles is 1. The fraction of sp³-hybridized carbons (Fsp3) is 0.286. The molecule has 0 bridgehead atoms. The van der Waals surface area contributed by atoms with Crippen molar-refractivity contribution in [1.82, 2.24) is 9.97 Å². The number of aromatic nitrogens is 2. The first-order chi connectivity index (χ1) is 55.5. The molecule has 126 heavy (non-hydrogen) atoms. The predicted octanol–water partition coefficient (Wildman–Crippen LogP) is -6.26. The molecule has 0 N–H and O–H groups in total. The van der Waals surface area contributed by atoms with Crippen LogP contribution in [0.25, 0.3) is 56.7 Å². The van der Waals surface area contributed by atoms with Gasteiger partial charge >= 0.3 is 538 Å². The van der Waals surface area contributed by atoms with Gasteiger partial charge in [-0.1, -0.05) is 154 Å². The normalized spacial score (nSPS) is 12.7. The van der Waals surface area contributed by atoms with Gasteiger partial charge in [0.1, 0.15) is 23.8 Å². The number of unbranched alkanes of at least 4 members (excludes halogenated alkanes) is 4. The van der Waals surface area contributed by atoms with Gasteiger partial charge in [0.15, 0.2) is 5.76 Å². The Hall–Kier alpha value is 6.33. The van der Waals surface area contributed by atoms with Gasteiger partial charge in [-0.3, -0.25) is 99.1 Å². The molecule has 10 aromatic rings. The number of allylic oxidation sites excluding steroid dienone is 1. The van der Waals surface area contributed by atoms with Gasteiger partial charge in [-0.15, -0.1) is 5.52 Å². The molecule has 7 aromatic carbocycles. The van der Waals surface area contributed by atoms with Gasteiger partial charge in [0, 0.05) is 36.8 Å². The summed E-state index contributed by atoms with van der Waals surface area (Å²) in [4.78, 5) is 70.9. The van der Waals surface area contributed by atoms with Crippen LogP contribution in [0.4, 0.5) is 5.13 Å². The molecule has 0 fully saturated rings. The van der Waals surface area contributed by atoms with Crippen LogP contribution in [0.3, 0.4) is 0 Å². The first-order valence-corrected chi connectivity index (χ1v) is 43.0. The monoisotopic (exact) mass is 2070 g/mol. The van der Waals surface area contributed by atoms with Crippen LogP contribution in [0, 0.1) is 106 Å². The van der Waals surface area contributed by atoms with Crippen molar-refractivity contribution in [2.75, 3.05) is 38.0 Å². The number of aryl methyl sites for hydroxylation is 2. The molecular weight excluding hydrogens is 2000 g/mol. The maximum Gasteiger partial charge on any atom is 1.00 e. The standard InChI is InChI=1S/C21H21NO4S2.C20H21N3S.C19H17NO4S2.C17H11NOS.C14H10N2S2.10K/c1-6-17(23)25-11-7-8-12-26-19(24)18(22-5)20-27-15-10-9-14(21(2,3)4)13-16(15)28-20;1-2-3-4-10-15-23(21-16-17-11-6-5-7-12-17)20-22-18-13-8-9-14-19(18)24-20;1-6-15(21)23-9-10-24-17(22)16(20-5)18-25-13-8-7-12(19(2,3)4)11-14(13)26-18;1-10-7-11(2)12-9-15(19-14(12)8-10)17-18-13-5-3-4-6-16(13)20-17;1-14(2,3)9-5-6-11-12(7-9)18-13(17-11)10(8-15)16-4;;;;;;;;;;/h6,9H,1,7-8,11-12H2,2-4H3;5-6,8-9,12-14,16H,2-4,10,15H2,1H3;6-7H,1,9-10H2,2-4H3;3-4,7-9H,1-2H3;5H,1-3H3;;;;;;;;;;/q5*-2;10*+1/b20-18-;21-16+;18-16-;;13-10-;;;;;;;;;;. The van der Waals surface area contributed by atoms with Crippen molar-refractivity contribution < 1.29 is 556 Å². The number of benzene rings is 7. The number of ether oxygens (including phenoxy) is 4. The van der Waals surface area contributed by atoms with E-state index in [1.54, 1.807) is 22.7 Å². The number of hydrogen-bond acceptors (Lipinski definition) is 22. The van der Waals surface area contributed by atoms with Gasteiger partial charge in [-0.05, 0) is 68.5 Å². The molecule has 0 saturated heterocycles. The van der Waals surface area contributed by atoms with E-state index in [1.807, 2.05) is 84.0 Å². The summed E-state index contributed by atoms with van der Waals surface area (Å²) in [5, 5.41) is 18.5. The number of carbonyl (C=O) groups is 4. The van der Waals surface area contributed by atoms with Crippen LogP contribution in [0.1, 0.15) is 141 Å². The number of carbonyl (C=O) groups excluding carboxylic acids is 4. The number of rotatable bonds is 21. The average Bonchev–Trinajstić information content (AvgIpc) is 1.47. The van der Waals surface area contributed by atoms with Crippen molar-refractivity contribution in [3.63, 3.8) is 0 Å². The number of anilines is 1. The fourth-order valence-corrected chi connectivity index (χ4v) is 18.9. The predicted molar refractivity (Wildman–Crippen MR) is 468 cm³/mol. The molecule has 0 spiro atoms. The molecule has 0 aliphatic carbocycles. The second-order valence-electron chi connectivity index (χ2n) is 28.5. The largest absolute Gasteiger partial charge is 1.00 e. The number of fused-ring (bicyclic) bond motifs is 6. The third kappa shape index (κ3) is 43.3. The van der Waals surface area contributed by atoms with Crippen molar-refractivity contribution in [2.24, 2.45) is 5.10 Å². The van der Waals surface area contributed by atoms with Crippen LogP contribution < -0.4 is 519 Å². The molecule has 6 heterocycles. The van der Waals surface area contributed by atoms with E-state index in [0.29, 0.717) is 21.3 Å². The number of hydrazone groups is 1. The molecule has 0 radical (unpaired) electrons. The van der Waals surface area contributed by atoms with E-state index in [2.05, 4.69) is 206 Å². The number of furan rings is 1. The SMILES string of the molecule is CCCCCCN(/N=C/c1[c-]cc[c-]c1)c1nc2ccccc2s1.Cc1cc(C)c2cc(-c3nc4[c-]cc[c-]c4s3)oc2c1.[C-]#[N+]/C(C#N)=C1/Sc2[c-]cc(C(C)(C)C)[c-]c2S1.[C-]#[N+]/C(C(=O)OCCCCOC(=O)C=C)=C1/Sc2[c-]cc(C(C)(C)C)[c-]c2S1.[C-]#[N+]/C(C(=O)OCCOC(=O)C=C)=C1/Sc2[c-]cc(C(C)(C)C)[c-]c2S1.[K+].[K+].[K+].[K+].[K+].[K+].[K+].[K+].[K+].[K+]. The summed E-state index contributed by atoms with van der Waals surface area (Å²) in [7, 11) is 0. The molecule has 0 amide bonds. The third-order valence-electron chi connectivity index (χ3n) is 16.4. The zero-order valence-corrected chi connectivity index (χ0v) is 114. The number of thiazole rings is 2. The Kier molecular flexibility index (Phi) is 74.0. The molecule has 3 aliphatic rings. The fourth-order valence-electron chi connectivity index (χ4n) is 10.2. The number of esters is 4. The van der Waals surface area contributed by atoms with Crippen LogP contribution in [-0.2, 0) is 54.4 Å². The topological polar surface area (TPSA) is 197 Å². The Morgan fingerprint density at radius 2 is 1.05 bits per heavy atom. The van der Waals surface area contributed by atoms with Gasteiger partial charge in [-0.25, -0.2) is 90.8 Å². The van der Waals surface area contributed by atoms with Gasteiger partial charge in [0.25, 0.3) is 17.1 Å². The van der Waals surface area contributed by atoms with Crippen LogP contribution in [-0.4, -0.2) is 73.0 Å². The minimum absolute atomic E-state index is 0. The Labute approximate surface area is 1200 Å². The molecule has 596 valence electrons. The Bertz CT molecular complexity index is 5540. The summed E-state index contributed by atoms with van der Waals surface area (Å²) in [5.41, 5.74) is 9.27. The van der Waals surface area contributed by atoms with Crippen molar-refractivity contribution in [1.29, 1.82) is 5.26 Å². The molecule has 17 nitrogen and oxygen atoms in total. The van der Waals surface area contributed by atoms with E-state index in [4.69, 9.17) is 53.3 Å². The summed E-state index contributed by atoms with van der Waals surface area (Å²) in [6, 6.07) is 63.7. The molecule has 3 aromatic heterocycles. The average molecular weight is 2080 g/mol. The van der Waals surface area contributed by atoms with E-state index in [-0.39, 0.29) is 574 Å². The van der Waals surface area contributed by atoms with Crippen molar-refractivity contribution in [3.05, 3.63) is 274 Å². The van der Waals surface area contributed by atoms with Crippen molar-refractivity contribution in [3.8, 4) is 16.8 Å². The maximum absolute atomic E-state index is 12.3. The Morgan fingerprint density at radius 3 is 1.53 bits per heavy atom. The van der Waals surface area contributed by atoms with Crippen molar-refractivity contribution >= 4 is 160 Å². The van der Waals surface area contributed by atoms with E-state index in [1.165, 1.54) is 106 Å². The van der Waals surface area contributed by atoms with Crippen LogP contribution >= 0.6 is 93.2 Å². The van der Waals surface area contributed by atoms with Gasteiger partial charge in [0.05, 0.1) is 49.2 Å². The number of hydrogen-bond donors (Lipinski definition) is 0. The molecule has 0 unspecified atom stereocenters. The molecule has 0 atom stereocenters. The molecule has 0 saturated carbocycles. The van der Waals surface area contributed by atoms with Crippen molar-refractivity contribution in [2.45, 2.75) is 167 Å². The van der Waals surface area contributed by atoms with Crippen LogP contribution in [0.5, 0.6) is 0 Å². The third-order valence-corrected chi connectivity index (χ3v) is 25.7. The summed E-state index contributed by atoms with van der Waals surface area (Å²) in [6.07, 6.45) is 9.89. The summed E-state index contributed by atoms with van der Waals surface area (Å²) in [5.74, 6) is -1.64. The molecule has 13 rings (SSSR count). The Balaban J connectivity index is 0. The van der Waals surface area contributed by atoms with Crippen LogP contribution in [0.15, 0.2) is 185 Å². The van der Waals surface area contributed by atoms with E-state index in [9.17, 15) is 19.2 Å². The molecule has 35 heteroatoms. The number of nitrogens with zero attached hydrogens (tertiary/aromatic N) is 8. The number of thioether (sulfide) groups is 6. The molecule has 3 aliphatic heterocycles. The first kappa shape index (κ1) is 134. The Morgan fingerprint density at radius 1 is 0.563 bits per heavy atom.